The number of hydrazone groups is 1. The zero-order chi connectivity index (χ0) is 48.6. The molecule has 0 saturated heterocycles. The number of nitro benzene ring substituents is 2. The molecule has 0 aliphatic heterocycles. The molecule has 0 spiro atoms. The average molecular weight is 973 g/mol. The molecule has 0 heterocycles. The number of azo groups is 1. The highest BCUT2D eigenvalue weighted by Gasteiger charge is 2.36. The Balaban J connectivity index is 1.40. The van der Waals surface area contributed by atoms with Crippen LogP contribution in [0.15, 0.2) is 153 Å². The summed E-state index contributed by atoms with van der Waals surface area (Å²) in [5, 5.41) is 40.3. The molecule has 0 atom stereocenters. The highest BCUT2D eigenvalue weighted by atomic mass is 32.2. The van der Waals surface area contributed by atoms with E-state index in [2.05, 4.69) is 41.8 Å². The van der Waals surface area contributed by atoms with Crippen molar-refractivity contribution in [3.8, 4) is 0 Å². The second-order valence-electron chi connectivity index (χ2n) is 13.6. The van der Waals surface area contributed by atoms with Crippen LogP contribution in [0.5, 0.6) is 0 Å². The number of Topliss-reactive ketones (excluding diaryl/α,β-unsaturated/α-hetero) is 1. The number of allylic oxidation sites excluding steroid dienone is 1. The number of hydrogen-bond donors (Lipinski definition) is 6. The number of hydrogen-bond acceptors (Lipinski definition) is 21. The van der Waals surface area contributed by atoms with E-state index in [0.29, 0.717) is 18.2 Å². The lowest BCUT2D eigenvalue weighted by atomic mass is 9.93. The molecule has 0 radical (unpaired) electrons. The lowest BCUT2D eigenvalue weighted by Gasteiger charge is -2.19. The molecule has 0 bridgehead atoms. The van der Waals surface area contributed by atoms with Crippen molar-refractivity contribution >= 4 is 98.5 Å². The third-order valence-corrected chi connectivity index (χ3v) is 11.9. The molecule has 0 aromatic heterocycles. The van der Waals surface area contributed by atoms with E-state index in [1.54, 1.807) is 0 Å². The fourth-order valence-electron chi connectivity index (χ4n) is 6.20. The highest BCUT2D eigenvalue weighted by Crippen LogP contribution is 2.34. The van der Waals surface area contributed by atoms with Gasteiger partial charge in [-0.2, -0.15) is 40.6 Å². The van der Waals surface area contributed by atoms with Gasteiger partial charge in [-0.3, -0.25) is 64.5 Å². The van der Waals surface area contributed by atoms with E-state index >= 15 is 0 Å². The number of non-ortho nitro benzene ring substituents is 2. The predicted molar refractivity (Wildman–Crippen MR) is 235 cm³/mol. The molecule has 0 saturated carbocycles. The van der Waals surface area contributed by atoms with Crippen molar-refractivity contribution in [3.05, 3.63) is 171 Å². The van der Waals surface area contributed by atoms with E-state index < -0.39 is 110 Å². The number of fused-ring (bicyclic) bond motifs is 2. The molecule has 6 aromatic rings. The van der Waals surface area contributed by atoms with Crippen LogP contribution in [0.2, 0.25) is 0 Å². The van der Waals surface area contributed by atoms with Gasteiger partial charge in [-0.1, -0.05) is 24.3 Å². The van der Waals surface area contributed by atoms with Gasteiger partial charge < -0.3 is 0 Å². The van der Waals surface area contributed by atoms with E-state index in [1.807, 2.05) is 0 Å². The van der Waals surface area contributed by atoms with Crippen molar-refractivity contribution in [3.63, 3.8) is 0 Å². The van der Waals surface area contributed by atoms with E-state index in [1.165, 1.54) is 36.4 Å². The van der Waals surface area contributed by atoms with Gasteiger partial charge in [0.15, 0.2) is 11.1 Å². The molecule has 1 aliphatic rings. The molecule has 1 aliphatic carbocycles. The quantitative estimate of drug-likeness (QED) is 0.0413. The van der Waals surface area contributed by atoms with Crippen molar-refractivity contribution in [1.82, 2.24) is 0 Å². The zero-order valence-electron chi connectivity index (χ0n) is 32.9. The smallest absolute Gasteiger partial charge is 0.287 e. The first-order chi connectivity index (χ1) is 31.5. The first kappa shape index (κ1) is 46.4. The number of rotatable bonds is 13. The lowest BCUT2D eigenvalue weighted by molar-refractivity contribution is -0.385. The lowest BCUT2D eigenvalue weighted by Crippen LogP contribution is -2.48. The molecule has 67 heavy (non-hydrogen) atoms. The van der Waals surface area contributed by atoms with Crippen LogP contribution in [-0.4, -0.2) is 60.3 Å². The summed E-state index contributed by atoms with van der Waals surface area (Å²) in [4.78, 5) is 60.2. The van der Waals surface area contributed by atoms with Gasteiger partial charge in [0, 0.05) is 41.1 Å². The molecular weight excluding hydrogens is 949 g/mol. The molecule has 26 nitrogen and oxygen atoms in total. The number of nitro groups is 2. The molecular formula is C38H24N10O16S3. The number of nitrogens with one attached hydrogen (secondary N) is 3. The molecule has 0 fully saturated rings. The van der Waals surface area contributed by atoms with E-state index in [0.717, 1.165) is 54.6 Å². The van der Waals surface area contributed by atoms with Gasteiger partial charge in [-0.25, -0.2) is 0 Å². The summed E-state index contributed by atoms with van der Waals surface area (Å²) in [5.41, 5.74) is 0.253. The molecule has 7 rings (SSSR count). The number of benzene rings is 6. The second kappa shape index (κ2) is 17.8. The topological polar surface area (TPSA) is 398 Å². The summed E-state index contributed by atoms with van der Waals surface area (Å²) >= 11 is 0. The normalized spacial score (nSPS) is 14.3. The van der Waals surface area contributed by atoms with Gasteiger partial charge in [0.1, 0.15) is 20.8 Å². The highest BCUT2D eigenvalue weighted by molar-refractivity contribution is 7.91. The molecule has 0 amide bonds. The van der Waals surface area contributed by atoms with Crippen molar-refractivity contribution < 1.29 is 53.6 Å². The Morgan fingerprint density at radius 3 is 1.69 bits per heavy atom. The van der Waals surface area contributed by atoms with Crippen LogP contribution >= 0.6 is 0 Å². The Hall–Kier alpha value is -8.61. The molecule has 29 heteroatoms. The number of ketones is 1. The predicted octanol–water partition coefficient (Wildman–Crippen LogP) is 3.91. The Labute approximate surface area is 372 Å². The summed E-state index contributed by atoms with van der Waals surface area (Å²) in [6.45, 7) is 0. The summed E-state index contributed by atoms with van der Waals surface area (Å²) in [6.07, 6.45) is 0.606. The summed E-state index contributed by atoms with van der Waals surface area (Å²) in [7, 11) is -15.3. The van der Waals surface area contributed by atoms with Gasteiger partial charge in [-0.15, -0.1) is 10.2 Å². The van der Waals surface area contributed by atoms with Crippen LogP contribution in [0.25, 0.3) is 16.8 Å². The number of carbonyl (C=O) groups excluding carboxylic acids is 1. The zero-order valence-corrected chi connectivity index (χ0v) is 35.3. The fraction of sp³-hybridized carbons (Fsp3) is 0. The van der Waals surface area contributed by atoms with Crippen molar-refractivity contribution in [1.29, 1.82) is 0 Å². The number of carbonyl (C=O) groups is 1. The first-order valence-electron chi connectivity index (χ1n) is 18.1. The van der Waals surface area contributed by atoms with Crippen LogP contribution in [0.4, 0.5) is 39.8 Å². The Morgan fingerprint density at radius 2 is 1.13 bits per heavy atom. The van der Waals surface area contributed by atoms with E-state index in [-0.39, 0.29) is 39.2 Å². The largest absolute Gasteiger partial charge is 0.296 e. The van der Waals surface area contributed by atoms with Gasteiger partial charge in [0.25, 0.3) is 41.7 Å². The third kappa shape index (κ3) is 9.90. The fourth-order valence-corrected chi connectivity index (χ4v) is 8.10. The molecule has 0 unspecified atom stereocenters. The van der Waals surface area contributed by atoms with Gasteiger partial charge in [0.05, 0.1) is 43.1 Å². The Kier molecular flexibility index (Phi) is 12.3. The van der Waals surface area contributed by atoms with Crippen molar-refractivity contribution in [2.24, 2.45) is 25.5 Å². The Bertz CT molecular complexity index is 3820. The summed E-state index contributed by atoms with van der Waals surface area (Å²) in [5.74, 6) is -1.36. The summed E-state index contributed by atoms with van der Waals surface area (Å²) < 4.78 is 104. The van der Waals surface area contributed by atoms with Crippen LogP contribution in [-0.2, 0) is 30.4 Å². The maximum atomic E-state index is 14.1. The summed E-state index contributed by atoms with van der Waals surface area (Å²) in [6, 6.07) is 19.1. The standard InChI is InChI=1S/C38H24N10O16S3/c49-36-29(43-39-20-5-9-22(10-6-20)47(52)53)18-30(44-41-27-13-14-31(66(59,60)61)26-4-2-1-3-25(26)27)37(50)35(36)46-42-28-17-24(65(56,57)58)15-19-16-32(67(62,63)64)34(38(51)33(19)28)45-40-21-7-11-23(12-8-21)48(54)55/h1-18,39-40,42H,(H,56,57,58)(H,59,60,61)(H,62,63,64). The maximum Gasteiger partial charge on any atom is 0.296 e. The van der Waals surface area contributed by atoms with E-state index in [4.69, 9.17) is 0 Å². The minimum atomic E-state index is -5.35. The van der Waals surface area contributed by atoms with Crippen LogP contribution in [0.1, 0.15) is 15.9 Å². The first-order valence-corrected chi connectivity index (χ1v) is 22.4. The number of nitrogens with zero attached hydrogens (tertiary/aromatic N) is 7. The van der Waals surface area contributed by atoms with Crippen LogP contribution < -0.4 is 37.8 Å². The minimum absolute atomic E-state index is 0.0143. The average Bonchev–Trinajstić information content (AvgIpc) is 3.26. The van der Waals surface area contributed by atoms with Crippen LogP contribution in [0, 0.1) is 20.2 Å². The Morgan fingerprint density at radius 1 is 0.567 bits per heavy atom. The monoisotopic (exact) mass is 972 g/mol. The molecule has 6 N–H and O–H groups in total. The van der Waals surface area contributed by atoms with Gasteiger partial charge in [-0.05, 0) is 60.2 Å². The maximum absolute atomic E-state index is 14.1. The van der Waals surface area contributed by atoms with E-state index in [9.17, 15) is 73.5 Å². The SMILES string of the molecule is O=C1C(=NNc2ccc([N+](=O)[O-])cc2)C(S(=O)(=O)O)=Cc2cc(S(=O)(=O)O)cc(NN=c3c(=O)c(N=Nc4ccc(S(=O)(=O)O)c5ccccc45)cc(=NNc4ccc([N+](=O)[O-])cc4)c3=O)c21. The van der Waals surface area contributed by atoms with Crippen LogP contribution in [0.3, 0.4) is 0 Å². The number of anilines is 3. The van der Waals surface area contributed by atoms with Crippen molar-refractivity contribution in [2.45, 2.75) is 9.79 Å². The minimum Gasteiger partial charge on any atom is -0.287 e. The third-order valence-electron chi connectivity index (χ3n) is 9.30. The van der Waals surface area contributed by atoms with Gasteiger partial charge >= 0.3 is 0 Å². The molecule has 340 valence electrons. The van der Waals surface area contributed by atoms with Crippen molar-refractivity contribution in [2.75, 3.05) is 16.3 Å². The van der Waals surface area contributed by atoms with Gasteiger partial charge in [0.2, 0.25) is 16.6 Å². The molecule has 6 aromatic carbocycles. The second-order valence-corrected chi connectivity index (χ2v) is 17.8.